The van der Waals surface area contributed by atoms with Crippen molar-refractivity contribution in [2.24, 2.45) is 0 Å². The van der Waals surface area contributed by atoms with Gasteiger partial charge in [-0.05, 0) is 80.6 Å². The number of aromatic nitrogens is 1. The van der Waals surface area contributed by atoms with E-state index in [4.69, 9.17) is 0 Å². The number of aromatic amines is 1. The molecule has 0 saturated carbocycles. The molecule has 9 heteroatoms. The molecule has 246 valence electrons. The van der Waals surface area contributed by atoms with Crippen molar-refractivity contribution in [2.75, 3.05) is 45.6 Å². The van der Waals surface area contributed by atoms with E-state index in [-0.39, 0.29) is 23.8 Å². The number of H-pyrrole nitrogens is 1. The van der Waals surface area contributed by atoms with Crippen LogP contribution in [0.5, 0.6) is 0 Å². The van der Waals surface area contributed by atoms with Crippen LogP contribution in [0.15, 0.2) is 79.0 Å². The average molecular weight is 635 g/mol. The maximum Gasteiger partial charge on any atom is 0.318 e. The van der Waals surface area contributed by atoms with Crippen molar-refractivity contribution in [1.82, 2.24) is 25.0 Å². The molecule has 0 radical (unpaired) electrons. The Morgan fingerprint density at radius 1 is 0.894 bits per heavy atom. The molecule has 0 bridgehead atoms. The first-order chi connectivity index (χ1) is 22.8. The van der Waals surface area contributed by atoms with Crippen LogP contribution >= 0.6 is 0 Å². The van der Waals surface area contributed by atoms with E-state index in [0.29, 0.717) is 49.9 Å². The lowest BCUT2D eigenvalue weighted by Crippen LogP contribution is -2.53. The number of piperidine rings is 1. The lowest BCUT2D eigenvalue weighted by Gasteiger charge is -2.34. The van der Waals surface area contributed by atoms with Crippen LogP contribution in [-0.4, -0.2) is 83.8 Å². The first-order valence-corrected chi connectivity index (χ1v) is 16.8. The van der Waals surface area contributed by atoms with E-state index in [0.717, 1.165) is 47.7 Å². The number of hydrogen-bond acceptors (Lipinski definition) is 4. The Labute approximate surface area is 277 Å². The Morgan fingerprint density at radius 3 is 2.32 bits per heavy atom. The number of urea groups is 1. The van der Waals surface area contributed by atoms with Gasteiger partial charge >= 0.3 is 6.03 Å². The molecule has 2 aliphatic heterocycles. The summed E-state index contributed by atoms with van der Waals surface area (Å²) < 4.78 is 0. The second-order valence-electron chi connectivity index (χ2n) is 13.3. The quantitative estimate of drug-likeness (QED) is 0.205. The van der Waals surface area contributed by atoms with Gasteiger partial charge in [-0.1, -0.05) is 61.5 Å². The van der Waals surface area contributed by atoms with Crippen molar-refractivity contribution in [3.63, 3.8) is 0 Å². The SMILES string of the molecule is C[C@H](c1c[nH]c2ccccc12)[C@@H](NC(=O)N1CCC(c2ccccc2)CC1)C(=O)Nc1cc(CN(C)C)ccc1C(=O)N1CCCC1. The molecule has 2 fully saturated rings. The van der Waals surface area contributed by atoms with Crippen LogP contribution in [0.25, 0.3) is 10.9 Å². The number of carbonyl (C=O) groups excluding carboxylic acids is 3. The second-order valence-corrected chi connectivity index (χ2v) is 13.3. The first-order valence-electron chi connectivity index (χ1n) is 16.8. The van der Waals surface area contributed by atoms with Gasteiger partial charge in [0.2, 0.25) is 5.91 Å². The largest absolute Gasteiger partial charge is 0.361 e. The summed E-state index contributed by atoms with van der Waals surface area (Å²) in [5.41, 5.74) is 5.13. The van der Waals surface area contributed by atoms with Gasteiger partial charge < -0.3 is 30.3 Å². The molecule has 2 aliphatic rings. The van der Waals surface area contributed by atoms with Gasteiger partial charge in [-0.2, -0.15) is 0 Å². The molecule has 0 unspecified atom stereocenters. The summed E-state index contributed by atoms with van der Waals surface area (Å²) >= 11 is 0. The van der Waals surface area contributed by atoms with Crippen molar-refractivity contribution in [3.8, 4) is 0 Å². The number of carbonyl (C=O) groups is 3. The summed E-state index contributed by atoms with van der Waals surface area (Å²) in [6.45, 7) is 5.28. The number of rotatable bonds is 9. The number of anilines is 1. The third-order valence-corrected chi connectivity index (χ3v) is 9.69. The van der Waals surface area contributed by atoms with E-state index in [1.807, 2.05) is 90.4 Å². The minimum Gasteiger partial charge on any atom is -0.361 e. The number of nitrogens with one attached hydrogen (secondary N) is 3. The molecular weight excluding hydrogens is 588 g/mol. The third-order valence-electron chi connectivity index (χ3n) is 9.69. The van der Waals surface area contributed by atoms with Gasteiger partial charge in [0, 0.05) is 55.7 Å². The van der Waals surface area contributed by atoms with Gasteiger partial charge in [0.25, 0.3) is 5.91 Å². The van der Waals surface area contributed by atoms with Crippen LogP contribution < -0.4 is 10.6 Å². The molecule has 1 aromatic heterocycles. The molecule has 0 spiro atoms. The number of amides is 4. The van der Waals surface area contributed by atoms with Crippen molar-refractivity contribution in [1.29, 1.82) is 0 Å². The zero-order valence-electron chi connectivity index (χ0n) is 27.7. The van der Waals surface area contributed by atoms with Crippen LogP contribution in [0.2, 0.25) is 0 Å². The standard InChI is InChI=1S/C38H46N6O3/c1-26(32-24-39-33-14-8-7-13-30(32)33)35(41-38(47)44-21-17-29(18-22-44)28-11-5-4-6-12-28)36(45)40-34-23-27(25-42(2)3)15-16-31(34)37(46)43-19-9-10-20-43/h4-8,11-16,23-24,26,29,35,39H,9-10,17-22,25H2,1-3H3,(H,40,45)(H,41,47)/t26-,35-/m1/s1. The Morgan fingerprint density at radius 2 is 1.60 bits per heavy atom. The van der Waals surface area contributed by atoms with Crippen LogP contribution in [0.1, 0.15) is 71.5 Å². The Kier molecular flexibility index (Phi) is 9.92. The summed E-state index contributed by atoms with van der Waals surface area (Å²) in [4.78, 5) is 50.9. The Balaban J connectivity index is 1.27. The molecule has 4 aromatic rings. The normalized spacial score (nSPS) is 16.8. The third kappa shape index (κ3) is 7.36. The van der Waals surface area contributed by atoms with Gasteiger partial charge in [0.05, 0.1) is 11.3 Å². The maximum absolute atomic E-state index is 14.4. The number of benzene rings is 3. The van der Waals surface area contributed by atoms with Gasteiger partial charge in [-0.15, -0.1) is 0 Å². The summed E-state index contributed by atoms with van der Waals surface area (Å²) in [6.07, 6.45) is 5.61. The number of hydrogen-bond donors (Lipinski definition) is 3. The lowest BCUT2D eigenvalue weighted by molar-refractivity contribution is -0.118. The van der Waals surface area contributed by atoms with Crippen LogP contribution in [0, 0.1) is 0 Å². The molecule has 3 aromatic carbocycles. The fourth-order valence-electron chi connectivity index (χ4n) is 7.08. The summed E-state index contributed by atoms with van der Waals surface area (Å²) in [5.74, 6) is -0.390. The minimum atomic E-state index is -0.888. The van der Waals surface area contributed by atoms with Gasteiger partial charge in [0.15, 0.2) is 0 Å². The van der Waals surface area contributed by atoms with Crippen LogP contribution in [0.4, 0.5) is 10.5 Å². The van der Waals surface area contributed by atoms with E-state index in [2.05, 4.69) is 39.9 Å². The summed E-state index contributed by atoms with van der Waals surface area (Å²) in [6, 6.07) is 23.0. The number of fused-ring (bicyclic) bond motifs is 1. The fraction of sp³-hybridized carbons (Fsp3) is 0.395. The summed E-state index contributed by atoms with van der Waals surface area (Å²) in [5, 5.41) is 7.24. The first kappa shape index (κ1) is 32.3. The van der Waals surface area contributed by atoms with Crippen LogP contribution in [-0.2, 0) is 11.3 Å². The number of para-hydroxylation sites is 1. The molecule has 2 saturated heterocycles. The van der Waals surface area contributed by atoms with E-state index in [9.17, 15) is 14.4 Å². The Hall–Kier alpha value is -4.63. The molecular formula is C38H46N6O3. The minimum absolute atomic E-state index is 0.0826. The highest BCUT2D eigenvalue weighted by Crippen LogP contribution is 2.31. The van der Waals surface area contributed by atoms with E-state index >= 15 is 0 Å². The highest BCUT2D eigenvalue weighted by atomic mass is 16.2. The maximum atomic E-state index is 14.4. The zero-order valence-corrected chi connectivity index (χ0v) is 27.7. The van der Waals surface area contributed by atoms with E-state index in [1.165, 1.54) is 5.56 Å². The number of nitrogens with zero attached hydrogens (tertiary/aromatic N) is 3. The molecule has 6 rings (SSSR count). The van der Waals surface area contributed by atoms with Crippen molar-refractivity contribution in [2.45, 2.75) is 57.0 Å². The van der Waals surface area contributed by atoms with Gasteiger partial charge in [-0.25, -0.2) is 4.79 Å². The van der Waals surface area contributed by atoms with Crippen molar-refractivity contribution < 1.29 is 14.4 Å². The van der Waals surface area contributed by atoms with Crippen LogP contribution in [0.3, 0.4) is 0 Å². The highest BCUT2D eigenvalue weighted by molar-refractivity contribution is 6.06. The predicted molar refractivity (Wildman–Crippen MR) is 187 cm³/mol. The fourth-order valence-corrected chi connectivity index (χ4v) is 7.08. The molecule has 4 amide bonds. The van der Waals surface area contributed by atoms with Gasteiger partial charge in [-0.3, -0.25) is 9.59 Å². The van der Waals surface area contributed by atoms with Gasteiger partial charge in [0.1, 0.15) is 6.04 Å². The van der Waals surface area contributed by atoms with Crippen molar-refractivity contribution >= 4 is 34.4 Å². The summed E-state index contributed by atoms with van der Waals surface area (Å²) in [7, 11) is 3.97. The highest BCUT2D eigenvalue weighted by Gasteiger charge is 2.33. The average Bonchev–Trinajstić information content (AvgIpc) is 3.78. The Bertz CT molecular complexity index is 1700. The zero-order chi connectivity index (χ0) is 32.9. The molecule has 9 nitrogen and oxygen atoms in total. The van der Waals surface area contributed by atoms with E-state index in [1.54, 1.807) is 0 Å². The predicted octanol–water partition coefficient (Wildman–Crippen LogP) is 6.17. The smallest absolute Gasteiger partial charge is 0.318 e. The lowest BCUT2D eigenvalue weighted by atomic mass is 9.89. The second kappa shape index (κ2) is 14.4. The molecule has 0 aliphatic carbocycles. The molecule has 3 heterocycles. The van der Waals surface area contributed by atoms with Crippen molar-refractivity contribution in [3.05, 3.63) is 101 Å². The van der Waals surface area contributed by atoms with E-state index < -0.39 is 6.04 Å². The monoisotopic (exact) mass is 634 g/mol. The topological polar surface area (TPSA) is 101 Å². The number of likely N-dealkylation sites (tertiary alicyclic amines) is 2. The molecule has 2 atom stereocenters. The molecule has 47 heavy (non-hydrogen) atoms. The molecule has 3 N–H and O–H groups in total.